The molecule has 224 valence electrons. The summed E-state index contributed by atoms with van der Waals surface area (Å²) in [7, 11) is -3.95. The average Bonchev–Trinajstić information content (AvgIpc) is 3.64. The highest BCUT2D eigenvalue weighted by atomic mass is 32.2. The van der Waals surface area contributed by atoms with Gasteiger partial charge < -0.3 is 29.4 Å². The number of aliphatic hydroxyl groups excluding tert-OH is 1. The molecule has 10 nitrogen and oxygen atoms in total. The molecule has 2 fully saturated rings. The first-order valence-corrected chi connectivity index (χ1v) is 15.8. The Labute approximate surface area is 242 Å². The number of benzene rings is 2. The Morgan fingerprint density at radius 2 is 1.93 bits per heavy atom. The van der Waals surface area contributed by atoms with E-state index in [-0.39, 0.29) is 55.2 Å². The number of rotatable bonds is 11. The molecule has 0 spiro atoms. The van der Waals surface area contributed by atoms with Crippen LogP contribution < -0.4 is 10.1 Å². The lowest BCUT2D eigenvalue weighted by Gasteiger charge is -2.31. The van der Waals surface area contributed by atoms with Gasteiger partial charge in [-0.25, -0.2) is 13.2 Å². The maximum Gasteiger partial charge on any atom is 0.407 e. The van der Waals surface area contributed by atoms with Crippen LogP contribution in [0.2, 0.25) is 0 Å². The van der Waals surface area contributed by atoms with Crippen LogP contribution in [0.15, 0.2) is 53.4 Å². The molecule has 2 N–H and O–H groups in total. The number of hydrogen-bond acceptors (Lipinski definition) is 8. The van der Waals surface area contributed by atoms with Crippen LogP contribution in [0.4, 0.5) is 4.79 Å². The van der Waals surface area contributed by atoms with Gasteiger partial charge in [-0.3, -0.25) is 0 Å². The summed E-state index contributed by atoms with van der Waals surface area (Å²) in [5.41, 5.74) is 1.73. The molecule has 3 aliphatic rings. The molecule has 3 heterocycles. The second-order valence-electron chi connectivity index (χ2n) is 11.6. The molecule has 0 aliphatic carbocycles. The smallest absolute Gasteiger partial charge is 0.407 e. The molecular weight excluding hydrogens is 548 g/mol. The van der Waals surface area contributed by atoms with E-state index in [2.05, 4.69) is 5.32 Å². The molecule has 2 aromatic carbocycles. The van der Waals surface area contributed by atoms with Gasteiger partial charge in [0.1, 0.15) is 18.0 Å². The van der Waals surface area contributed by atoms with Crippen molar-refractivity contribution in [3.05, 3.63) is 59.7 Å². The van der Waals surface area contributed by atoms with E-state index < -0.39 is 34.4 Å². The number of hydrogen-bond donors (Lipinski definition) is 2. The number of sulfonamides is 1. The molecule has 11 heteroatoms. The zero-order valence-electron chi connectivity index (χ0n) is 23.8. The fourth-order valence-electron chi connectivity index (χ4n) is 5.74. The quantitative estimate of drug-likeness (QED) is 0.411. The highest BCUT2D eigenvalue weighted by molar-refractivity contribution is 7.89. The largest absolute Gasteiger partial charge is 0.490 e. The monoisotopic (exact) mass is 588 g/mol. The number of alkyl carbamates (subject to hydrolysis) is 1. The molecule has 2 aromatic rings. The maximum atomic E-state index is 13.9. The van der Waals surface area contributed by atoms with Crippen LogP contribution in [0.5, 0.6) is 5.75 Å². The van der Waals surface area contributed by atoms with Gasteiger partial charge >= 0.3 is 6.09 Å². The van der Waals surface area contributed by atoms with Gasteiger partial charge in [-0.05, 0) is 55.0 Å². The molecule has 0 radical (unpaired) electrons. The van der Waals surface area contributed by atoms with Crippen molar-refractivity contribution in [2.24, 2.45) is 11.8 Å². The van der Waals surface area contributed by atoms with Gasteiger partial charge in [0.15, 0.2) is 6.29 Å². The first-order valence-electron chi connectivity index (χ1n) is 14.3. The van der Waals surface area contributed by atoms with Gasteiger partial charge in [0, 0.05) is 19.5 Å². The summed E-state index contributed by atoms with van der Waals surface area (Å²) >= 11 is 0. The minimum atomic E-state index is -3.95. The molecule has 3 unspecified atom stereocenters. The number of nitrogens with zero attached hydrogens (tertiary/aromatic N) is 1. The topological polar surface area (TPSA) is 124 Å². The standard InChI is InChI=1S/C30H40N2O8S/c1-19(2)16-32(41(35,36)23-9-10-27-22(15-23)13-20(3)39-27)17-26(33)25(14-21-7-5-4-6-8-21)31-30(34)40-28-18-38-29-24(28)11-12-37-29/h4-10,15,19-20,24-26,28-29,33H,11-14,16-18H2,1-3H3,(H,31,34)/t20?,24?,25-,26+,28?,29+/m0/s1. The summed E-state index contributed by atoms with van der Waals surface area (Å²) in [6, 6.07) is 13.5. The number of fused-ring (bicyclic) bond motifs is 2. The summed E-state index contributed by atoms with van der Waals surface area (Å²) in [6.07, 6.45) is -1.04. The van der Waals surface area contributed by atoms with E-state index in [9.17, 15) is 18.3 Å². The number of amides is 1. The van der Waals surface area contributed by atoms with Crippen molar-refractivity contribution < 1.29 is 37.3 Å². The highest BCUT2D eigenvalue weighted by Gasteiger charge is 2.44. The summed E-state index contributed by atoms with van der Waals surface area (Å²) < 4.78 is 51.6. The third-order valence-electron chi connectivity index (χ3n) is 7.77. The van der Waals surface area contributed by atoms with Crippen molar-refractivity contribution in [2.75, 3.05) is 26.3 Å². The van der Waals surface area contributed by atoms with Gasteiger partial charge in [-0.1, -0.05) is 44.2 Å². The fourth-order valence-corrected chi connectivity index (χ4v) is 7.42. The molecule has 1 amide bonds. The number of aliphatic hydroxyl groups is 1. The van der Waals surface area contributed by atoms with Crippen LogP contribution >= 0.6 is 0 Å². The molecule has 5 rings (SSSR count). The van der Waals surface area contributed by atoms with Gasteiger partial charge in [-0.2, -0.15) is 4.31 Å². The SMILES string of the molecule is CC(C)CN(C[C@@H](O)[C@H](Cc1ccccc1)NC(=O)OC1CO[C@H]2OCCC12)S(=O)(=O)c1ccc2c(c1)CC(C)O2. The maximum absolute atomic E-state index is 13.9. The predicted octanol–water partition coefficient (Wildman–Crippen LogP) is 3.12. The molecule has 41 heavy (non-hydrogen) atoms. The Balaban J connectivity index is 1.33. The van der Waals surface area contributed by atoms with Crippen molar-refractivity contribution >= 4 is 16.1 Å². The van der Waals surface area contributed by atoms with E-state index in [1.807, 2.05) is 51.1 Å². The third-order valence-corrected chi connectivity index (χ3v) is 9.60. The van der Waals surface area contributed by atoms with E-state index in [1.165, 1.54) is 4.31 Å². The van der Waals surface area contributed by atoms with E-state index in [1.54, 1.807) is 18.2 Å². The van der Waals surface area contributed by atoms with Crippen LogP contribution in [0.25, 0.3) is 0 Å². The van der Waals surface area contributed by atoms with Crippen molar-refractivity contribution in [1.29, 1.82) is 0 Å². The first-order chi connectivity index (χ1) is 19.6. The van der Waals surface area contributed by atoms with Crippen molar-refractivity contribution in [2.45, 2.75) is 75.6 Å². The van der Waals surface area contributed by atoms with Gasteiger partial charge in [0.25, 0.3) is 0 Å². The second-order valence-corrected chi connectivity index (χ2v) is 13.5. The van der Waals surface area contributed by atoms with Crippen LogP contribution in [0.1, 0.15) is 38.3 Å². The zero-order valence-corrected chi connectivity index (χ0v) is 24.6. The van der Waals surface area contributed by atoms with E-state index >= 15 is 0 Å². The van der Waals surface area contributed by atoms with E-state index in [4.69, 9.17) is 18.9 Å². The van der Waals surface area contributed by atoms with Crippen molar-refractivity contribution in [1.82, 2.24) is 9.62 Å². The zero-order chi connectivity index (χ0) is 29.1. The Kier molecular flexibility index (Phi) is 9.20. The Bertz CT molecular complexity index is 1300. The van der Waals surface area contributed by atoms with E-state index in [0.717, 1.165) is 17.5 Å². The second kappa shape index (κ2) is 12.7. The lowest BCUT2D eigenvalue weighted by molar-refractivity contribution is -0.0907. The van der Waals surface area contributed by atoms with Crippen LogP contribution in [0, 0.1) is 11.8 Å². The van der Waals surface area contributed by atoms with Gasteiger partial charge in [-0.15, -0.1) is 0 Å². The van der Waals surface area contributed by atoms with Crippen LogP contribution in [-0.2, 0) is 37.1 Å². The number of nitrogens with one attached hydrogen (secondary N) is 1. The Morgan fingerprint density at radius 3 is 2.68 bits per heavy atom. The summed E-state index contributed by atoms with van der Waals surface area (Å²) in [6.45, 7) is 6.60. The fraction of sp³-hybridized carbons (Fsp3) is 0.567. The average molecular weight is 589 g/mol. The summed E-state index contributed by atoms with van der Waals surface area (Å²) in [5.74, 6) is 0.676. The number of carbonyl (C=O) groups excluding carboxylic acids is 1. The lowest BCUT2D eigenvalue weighted by atomic mass is 10.0. The number of ether oxygens (including phenoxy) is 4. The minimum Gasteiger partial charge on any atom is -0.490 e. The minimum absolute atomic E-state index is 0.00389. The molecule has 0 saturated carbocycles. The van der Waals surface area contributed by atoms with Gasteiger partial charge in [0.05, 0.1) is 36.2 Å². The lowest BCUT2D eigenvalue weighted by Crippen LogP contribution is -2.51. The molecule has 3 aliphatic heterocycles. The first kappa shape index (κ1) is 29.8. The molecule has 0 aromatic heterocycles. The summed E-state index contributed by atoms with van der Waals surface area (Å²) in [4.78, 5) is 13.2. The molecule has 2 saturated heterocycles. The van der Waals surface area contributed by atoms with Crippen molar-refractivity contribution in [3.8, 4) is 5.75 Å². The summed E-state index contributed by atoms with van der Waals surface area (Å²) in [5, 5.41) is 14.3. The Morgan fingerprint density at radius 1 is 1.15 bits per heavy atom. The third kappa shape index (κ3) is 7.03. The van der Waals surface area contributed by atoms with Crippen LogP contribution in [0.3, 0.4) is 0 Å². The highest BCUT2D eigenvalue weighted by Crippen LogP contribution is 2.33. The molecule has 6 atom stereocenters. The van der Waals surface area contributed by atoms with Crippen molar-refractivity contribution in [3.63, 3.8) is 0 Å². The number of carbonyl (C=O) groups is 1. The normalized spacial score (nSPS) is 25.0. The van der Waals surface area contributed by atoms with Gasteiger partial charge in [0.2, 0.25) is 10.0 Å². The Hall–Kier alpha value is -2.70. The van der Waals surface area contributed by atoms with Crippen LogP contribution in [-0.4, -0.2) is 80.9 Å². The van der Waals surface area contributed by atoms with E-state index in [0.29, 0.717) is 18.8 Å². The molecular formula is C30H40N2O8S. The molecule has 0 bridgehead atoms. The predicted molar refractivity (Wildman–Crippen MR) is 151 cm³/mol.